The number of ether oxygens (including phenoxy) is 2. The largest absolute Gasteiger partial charge is 0.352 e. The van der Waals surface area contributed by atoms with Crippen LogP contribution < -0.4 is 0 Å². The smallest absolute Gasteiger partial charge is 0.167 e. The molecule has 16 heavy (non-hydrogen) atoms. The summed E-state index contributed by atoms with van der Waals surface area (Å²) in [4.78, 5) is 0. The average Bonchev–Trinajstić information content (AvgIpc) is 2.55. The van der Waals surface area contributed by atoms with E-state index in [1.165, 1.54) is 17.6 Å². The van der Waals surface area contributed by atoms with Crippen LogP contribution in [0.5, 0.6) is 0 Å². The van der Waals surface area contributed by atoms with Crippen LogP contribution in [0.4, 0.5) is 0 Å². The van der Waals surface area contributed by atoms with Gasteiger partial charge in [-0.25, -0.2) is 0 Å². The van der Waals surface area contributed by atoms with E-state index >= 15 is 0 Å². The van der Waals surface area contributed by atoms with E-state index in [1.807, 2.05) is 0 Å². The van der Waals surface area contributed by atoms with Crippen LogP contribution in [0.1, 0.15) is 40.5 Å². The summed E-state index contributed by atoms with van der Waals surface area (Å²) in [5.74, 6) is 0.566. The second-order valence-electron chi connectivity index (χ2n) is 4.94. The van der Waals surface area contributed by atoms with Crippen LogP contribution in [0, 0.1) is 5.92 Å². The van der Waals surface area contributed by atoms with Crippen LogP contribution in [0.2, 0.25) is 0 Å². The van der Waals surface area contributed by atoms with Crippen molar-refractivity contribution >= 4 is 22.6 Å². The van der Waals surface area contributed by atoms with Gasteiger partial charge in [0.1, 0.15) is 0 Å². The molecule has 94 valence electrons. The number of allylic oxidation sites excluding steroid dienone is 1. The van der Waals surface area contributed by atoms with Gasteiger partial charge in [0.25, 0.3) is 0 Å². The molecule has 1 rings (SSSR count). The summed E-state index contributed by atoms with van der Waals surface area (Å²) < 4.78 is 12.6. The van der Waals surface area contributed by atoms with E-state index < -0.39 is 0 Å². The molecule has 0 aromatic carbocycles. The molecule has 1 aliphatic rings. The zero-order valence-electron chi connectivity index (χ0n) is 10.8. The van der Waals surface area contributed by atoms with Crippen molar-refractivity contribution in [3.8, 4) is 0 Å². The number of hydrogen-bond donors (Lipinski definition) is 0. The molecule has 0 amide bonds. The Kier molecular flexibility index (Phi) is 6.29. The van der Waals surface area contributed by atoms with E-state index in [-0.39, 0.29) is 12.4 Å². The third kappa shape index (κ3) is 4.34. The molecule has 3 heteroatoms. The van der Waals surface area contributed by atoms with Crippen LogP contribution in [0.3, 0.4) is 0 Å². The third-order valence-corrected chi connectivity index (χ3v) is 3.71. The maximum Gasteiger partial charge on any atom is 0.167 e. The molecule has 0 N–H and O–H groups in total. The summed E-state index contributed by atoms with van der Waals surface area (Å²) in [7, 11) is 0. The number of rotatable bonds is 6. The molecule has 0 saturated carbocycles. The van der Waals surface area contributed by atoms with E-state index in [9.17, 15) is 0 Å². The summed E-state index contributed by atoms with van der Waals surface area (Å²) >= 11 is 2.33. The highest BCUT2D eigenvalue weighted by Gasteiger charge is 2.23. The van der Waals surface area contributed by atoms with Gasteiger partial charge in [0.15, 0.2) is 6.29 Å². The molecule has 2 atom stereocenters. The molecular formula is C13H23IO2. The Bertz CT molecular complexity index is 248. The Morgan fingerprint density at radius 2 is 2.06 bits per heavy atom. The van der Waals surface area contributed by atoms with E-state index in [2.05, 4.69) is 50.3 Å². The number of alkyl halides is 1. The molecule has 1 aliphatic carbocycles. The van der Waals surface area contributed by atoms with Crippen LogP contribution in [0.25, 0.3) is 0 Å². The summed E-state index contributed by atoms with van der Waals surface area (Å²) in [6, 6.07) is 0. The fraction of sp³-hybridized carbons (Fsp3) is 0.846. The lowest BCUT2D eigenvalue weighted by molar-refractivity contribution is -0.151. The molecule has 0 heterocycles. The Labute approximate surface area is 113 Å². The van der Waals surface area contributed by atoms with E-state index in [1.54, 1.807) is 0 Å². The summed E-state index contributed by atoms with van der Waals surface area (Å²) in [5.41, 5.74) is 2.89. The first-order valence-electron chi connectivity index (χ1n) is 6.03. The van der Waals surface area contributed by atoms with Gasteiger partial charge in [0.2, 0.25) is 0 Å². The van der Waals surface area contributed by atoms with Gasteiger partial charge in [-0.2, -0.15) is 0 Å². The van der Waals surface area contributed by atoms with Gasteiger partial charge in [-0.15, -0.1) is 0 Å². The van der Waals surface area contributed by atoms with Gasteiger partial charge in [-0.3, -0.25) is 0 Å². The van der Waals surface area contributed by atoms with Gasteiger partial charge in [-0.05, 0) is 38.2 Å². The zero-order chi connectivity index (χ0) is 12.1. The predicted octanol–water partition coefficient (Wildman–Crippen LogP) is 3.94. The minimum Gasteiger partial charge on any atom is -0.352 e. The molecule has 0 aromatic heterocycles. The SMILES string of the molecule is CC1=C(C)C(OC(CI)OCC(C)C)CC1. The minimum absolute atomic E-state index is 0.0474. The fourth-order valence-electron chi connectivity index (χ4n) is 1.81. The van der Waals surface area contributed by atoms with Crippen LogP contribution in [-0.2, 0) is 9.47 Å². The predicted molar refractivity (Wildman–Crippen MR) is 75.9 cm³/mol. The van der Waals surface area contributed by atoms with Gasteiger partial charge in [0.05, 0.1) is 17.1 Å². The van der Waals surface area contributed by atoms with Crippen molar-refractivity contribution < 1.29 is 9.47 Å². The number of hydrogen-bond acceptors (Lipinski definition) is 2. The lowest BCUT2D eigenvalue weighted by Crippen LogP contribution is -2.27. The second-order valence-corrected chi connectivity index (χ2v) is 5.82. The molecule has 0 bridgehead atoms. The number of halogens is 1. The van der Waals surface area contributed by atoms with Crippen molar-refractivity contribution in [3.05, 3.63) is 11.1 Å². The first-order chi connectivity index (χ1) is 7.54. The second kappa shape index (κ2) is 6.97. The molecule has 0 fully saturated rings. The zero-order valence-corrected chi connectivity index (χ0v) is 12.9. The van der Waals surface area contributed by atoms with Gasteiger partial charge < -0.3 is 9.47 Å². The van der Waals surface area contributed by atoms with E-state index in [4.69, 9.17) is 9.47 Å². The topological polar surface area (TPSA) is 18.5 Å². The lowest BCUT2D eigenvalue weighted by Gasteiger charge is -2.22. The normalized spacial score (nSPS) is 23.2. The summed E-state index contributed by atoms with van der Waals surface area (Å²) in [5, 5.41) is 0. The minimum atomic E-state index is -0.0474. The molecule has 0 spiro atoms. The highest BCUT2D eigenvalue weighted by atomic mass is 127. The molecular weight excluding hydrogens is 315 g/mol. The molecule has 0 saturated heterocycles. The van der Waals surface area contributed by atoms with Crippen molar-refractivity contribution in [2.75, 3.05) is 11.0 Å². The molecule has 2 unspecified atom stereocenters. The maximum atomic E-state index is 6.01. The van der Waals surface area contributed by atoms with Gasteiger partial charge in [0, 0.05) is 0 Å². The van der Waals surface area contributed by atoms with Crippen molar-refractivity contribution in [2.24, 2.45) is 5.92 Å². The summed E-state index contributed by atoms with van der Waals surface area (Å²) in [6.45, 7) is 9.48. The Morgan fingerprint density at radius 1 is 1.38 bits per heavy atom. The van der Waals surface area contributed by atoms with E-state index in [0.29, 0.717) is 5.92 Å². The van der Waals surface area contributed by atoms with Crippen LogP contribution in [-0.4, -0.2) is 23.4 Å². The first-order valence-corrected chi connectivity index (χ1v) is 7.56. The first kappa shape index (κ1) is 14.5. The highest BCUT2D eigenvalue weighted by molar-refractivity contribution is 14.1. The molecule has 2 nitrogen and oxygen atoms in total. The fourth-order valence-corrected chi connectivity index (χ4v) is 2.27. The Balaban J connectivity index is 2.39. The van der Waals surface area contributed by atoms with Crippen LogP contribution >= 0.6 is 22.6 Å². The quantitative estimate of drug-likeness (QED) is 0.316. The average molecular weight is 338 g/mol. The monoisotopic (exact) mass is 338 g/mol. The maximum absolute atomic E-state index is 6.01. The van der Waals surface area contributed by atoms with E-state index in [0.717, 1.165) is 17.5 Å². The molecule has 0 aliphatic heterocycles. The highest BCUT2D eigenvalue weighted by Crippen LogP contribution is 2.29. The van der Waals surface area contributed by atoms with Gasteiger partial charge >= 0.3 is 0 Å². The van der Waals surface area contributed by atoms with Crippen LogP contribution in [0.15, 0.2) is 11.1 Å². The Morgan fingerprint density at radius 3 is 2.50 bits per heavy atom. The van der Waals surface area contributed by atoms with Gasteiger partial charge in [-0.1, -0.05) is 42.0 Å². The summed E-state index contributed by atoms with van der Waals surface area (Å²) in [6.07, 6.45) is 2.53. The Hall–Kier alpha value is 0.390. The molecule has 0 radical (unpaired) electrons. The van der Waals surface area contributed by atoms with Crippen molar-refractivity contribution in [1.82, 2.24) is 0 Å². The van der Waals surface area contributed by atoms with Crippen molar-refractivity contribution in [2.45, 2.75) is 52.9 Å². The lowest BCUT2D eigenvalue weighted by atomic mass is 10.2. The third-order valence-electron chi connectivity index (χ3n) is 3.00. The van der Waals surface area contributed by atoms with Crippen molar-refractivity contribution in [1.29, 1.82) is 0 Å². The molecule has 0 aromatic rings. The standard InChI is InChI=1S/C13H23IO2/c1-9(2)8-15-13(7-14)16-12-6-5-10(3)11(12)4/h9,12-13H,5-8H2,1-4H3. The van der Waals surface area contributed by atoms with Crippen molar-refractivity contribution in [3.63, 3.8) is 0 Å².